The SMILES string of the molecule is CC(C)(C)c1ccc(C(N)=O)cc1[N+](=O)[O-].CNC. The average molecular weight is 267 g/mol. The Labute approximate surface area is 113 Å². The van der Waals surface area contributed by atoms with E-state index < -0.39 is 10.8 Å². The van der Waals surface area contributed by atoms with Gasteiger partial charge < -0.3 is 11.1 Å². The quantitative estimate of drug-likeness (QED) is 0.630. The van der Waals surface area contributed by atoms with E-state index >= 15 is 0 Å². The zero-order valence-corrected chi connectivity index (χ0v) is 12.0. The van der Waals surface area contributed by atoms with Gasteiger partial charge in [-0.05, 0) is 25.6 Å². The summed E-state index contributed by atoms with van der Waals surface area (Å²) in [7, 11) is 3.75. The molecule has 19 heavy (non-hydrogen) atoms. The maximum Gasteiger partial charge on any atom is 0.273 e. The Balaban J connectivity index is 0.000000982. The van der Waals surface area contributed by atoms with Crippen molar-refractivity contribution in [3.8, 4) is 0 Å². The van der Waals surface area contributed by atoms with Crippen LogP contribution in [0.3, 0.4) is 0 Å². The molecule has 0 radical (unpaired) electrons. The van der Waals surface area contributed by atoms with Gasteiger partial charge in [0.2, 0.25) is 5.91 Å². The normalized spacial score (nSPS) is 10.4. The summed E-state index contributed by atoms with van der Waals surface area (Å²) in [5.41, 5.74) is 5.40. The van der Waals surface area contributed by atoms with Crippen molar-refractivity contribution in [3.05, 3.63) is 39.4 Å². The molecule has 0 aliphatic carbocycles. The number of carbonyl (C=O) groups excluding carboxylic acids is 1. The van der Waals surface area contributed by atoms with Crippen LogP contribution < -0.4 is 11.1 Å². The average Bonchev–Trinajstić information content (AvgIpc) is 2.27. The molecule has 0 saturated heterocycles. The van der Waals surface area contributed by atoms with Gasteiger partial charge in [-0.25, -0.2) is 0 Å². The van der Waals surface area contributed by atoms with Crippen LogP contribution in [0.25, 0.3) is 0 Å². The van der Waals surface area contributed by atoms with Crippen molar-refractivity contribution in [2.24, 2.45) is 5.73 Å². The summed E-state index contributed by atoms with van der Waals surface area (Å²) < 4.78 is 0. The second kappa shape index (κ2) is 6.84. The number of carbonyl (C=O) groups is 1. The smallest absolute Gasteiger partial charge is 0.273 e. The van der Waals surface area contributed by atoms with Crippen LogP contribution in [0, 0.1) is 10.1 Å². The summed E-state index contributed by atoms with van der Waals surface area (Å²) in [5.74, 6) is -0.663. The van der Waals surface area contributed by atoms with Gasteiger partial charge in [0.15, 0.2) is 0 Å². The van der Waals surface area contributed by atoms with Gasteiger partial charge in [0.05, 0.1) is 4.92 Å². The summed E-state index contributed by atoms with van der Waals surface area (Å²) in [6, 6.07) is 4.32. The van der Waals surface area contributed by atoms with Gasteiger partial charge in [-0.1, -0.05) is 26.8 Å². The first-order chi connectivity index (χ1) is 8.65. The van der Waals surface area contributed by atoms with E-state index in [1.165, 1.54) is 12.1 Å². The van der Waals surface area contributed by atoms with Crippen LogP contribution in [0.15, 0.2) is 18.2 Å². The van der Waals surface area contributed by atoms with Crippen molar-refractivity contribution in [1.82, 2.24) is 5.32 Å². The first-order valence-electron chi connectivity index (χ1n) is 5.82. The highest BCUT2D eigenvalue weighted by Gasteiger charge is 2.25. The van der Waals surface area contributed by atoms with Gasteiger partial charge in [-0.15, -0.1) is 0 Å². The predicted octanol–water partition coefficient (Wildman–Crippen LogP) is 1.83. The predicted molar refractivity (Wildman–Crippen MR) is 75.3 cm³/mol. The minimum atomic E-state index is -0.663. The van der Waals surface area contributed by atoms with Crippen molar-refractivity contribution >= 4 is 11.6 Å². The van der Waals surface area contributed by atoms with Gasteiger partial charge in [-0.2, -0.15) is 0 Å². The molecule has 0 saturated carbocycles. The fourth-order valence-corrected chi connectivity index (χ4v) is 1.47. The van der Waals surface area contributed by atoms with Crippen molar-refractivity contribution in [2.45, 2.75) is 26.2 Å². The number of nitrogens with zero attached hydrogens (tertiary/aromatic N) is 1. The summed E-state index contributed by atoms with van der Waals surface area (Å²) in [5, 5.41) is 13.6. The Morgan fingerprint density at radius 3 is 2.11 bits per heavy atom. The van der Waals surface area contributed by atoms with Crippen LogP contribution >= 0.6 is 0 Å². The van der Waals surface area contributed by atoms with Crippen molar-refractivity contribution in [1.29, 1.82) is 0 Å². The highest BCUT2D eigenvalue weighted by molar-refractivity contribution is 5.93. The molecule has 0 spiro atoms. The number of nitro benzene ring substituents is 1. The lowest BCUT2D eigenvalue weighted by molar-refractivity contribution is -0.386. The van der Waals surface area contributed by atoms with Gasteiger partial charge >= 0.3 is 0 Å². The van der Waals surface area contributed by atoms with Gasteiger partial charge in [0.25, 0.3) is 5.69 Å². The lowest BCUT2D eigenvalue weighted by atomic mass is 9.85. The molecule has 1 amide bonds. The monoisotopic (exact) mass is 267 g/mol. The number of rotatable bonds is 2. The lowest BCUT2D eigenvalue weighted by Gasteiger charge is -2.18. The molecule has 1 aromatic carbocycles. The standard InChI is InChI=1S/C11H14N2O3.C2H7N/c1-11(2,3)8-5-4-7(10(12)14)6-9(8)13(15)16;1-3-2/h4-6H,1-3H3,(H2,12,14);3H,1-2H3. The number of hydrogen-bond donors (Lipinski definition) is 2. The Kier molecular flexibility index (Phi) is 6.14. The molecule has 0 aromatic heterocycles. The number of hydrogen-bond acceptors (Lipinski definition) is 4. The second-order valence-corrected chi connectivity index (χ2v) is 5.10. The number of nitro groups is 1. The molecule has 6 heteroatoms. The van der Waals surface area contributed by atoms with Crippen molar-refractivity contribution in [2.75, 3.05) is 14.1 Å². The van der Waals surface area contributed by atoms with E-state index in [4.69, 9.17) is 5.73 Å². The molecule has 0 fully saturated rings. The summed E-state index contributed by atoms with van der Waals surface area (Å²) >= 11 is 0. The Morgan fingerprint density at radius 1 is 1.32 bits per heavy atom. The van der Waals surface area contributed by atoms with E-state index in [9.17, 15) is 14.9 Å². The molecule has 6 nitrogen and oxygen atoms in total. The molecule has 0 aliphatic heterocycles. The third-order valence-corrected chi connectivity index (χ3v) is 2.29. The van der Waals surface area contributed by atoms with E-state index in [1.807, 2.05) is 34.9 Å². The van der Waals surface area contributed by atoms with Crippen molar-refractivity contribution in [3.63, 3.8) is 0 Å². The molecule has 106 valence electrons. The Morgan fingerprint density at radius 2 is 1.79 bits per heavy atom. The molecular weight excluding hydrogens is 246 g/mol. The highest BCUT2D eigenvalue weighted by atomic mass is 16.6. The van der Waals surface area contributed by atoms with Gasteiger partial charge in [0, 0.05) is 17.2 Å². The molecular formula is C13H21N3O3. The molecule has 1 rings (SSSR count). The van der Waals surface area contributed by atoms with Crippen LogP contribution in [0.4, 0.5) is 5.69 Å². The summed E-state index contributed by atoms with van der Waals surface area (Å²) in [6.45, 7) is 5.62. The summed E-state index contributed by atoms with van der Waals surface area (Å²) in [4.78, 5) is 21.3. The minimum Gasteiger partial charge on any atom is -0.366 e. The number of primary amides is 1. The maximum atomic E-state index is 10.9. The third-order valence-electron chi connectivity index (χ3n) is 2.29. The van der Waals surface area contributed by atoms with Crippen molar-refractivity contribution < 1.29 is 9.72 Å². The molecule has 0 aliphatic rings. The molecule has 0 atom stereocenters. The summed E-state index contributed by atoms with van der Waals surface area (Å²) in [6.07, 6.45) is 0. The van der Waals surface area contributed by atoms with Crippen LogP contribution in [0.1, 0.15) is 36.7 Å². The van der Waals surface area contributed by atoms with Crippen LogP contribution in [0.5, 0.6) is 0 Å². The maximum absolute atomic E-state index is 10.9. The largest absolute Gasteiger partial charge is 0.366 e. The zero-order valence-electron chi connectivity index (χ0n) is 12.0. The van der Waals surface area contributed by atoms with E-state index in [2.05, 4.69) is 5.32 Å². The molecule has 3 N–H and O–H groups in total. The first-order valence-corrected chi connectivity index (χ1v) is 5.82. The van der Waals surface area contributed by atoms with Gasteiger partial charge in [0.1, 0.15) is 0 Å². The second-order valence-electron chi connectivity index (χ2n) is 5.10. The zero-order chi connectivity index (χ0) is 15.2. The Hall–Kier alpha value is -1.95. The minimum absolute atomic E-state index is 0.0659. The highest BCUT2D eigenvalue weighted by Crippen LogP contribution is 2.31. The number of amides is 1. The molecule has 0 heterocycles. The Bertz CT molecular complexity index is 465. The lowest BCUT2D eigenvalue weighted by Crippen LogP contribution is -2.16. The molecule has 0 unspecified atom stereocenters. The van der Waals surface area contributed by atoms with E-state index in [0.717, 1.165) is 0 Å². The fourth-order valence-electron chi connectivity index (χ4n) is 1.47. The van der Waals surface area contributed by atoms with E-state index in [1.54, 1.807) is 6.07 Å². The number of nitrogens with two attached hydrogens (primary N) is 1. The van der Waals surface area contributed by atoms with Gasteiger partial charge in [-0.3, -0.25) is 14.9 Å². The van der Waals surface area contributed by atoms with Crippen LogP contribution in [-0.2, 0) is 5.41 Å². The van der Waals surface area contributed by atoms with E-state index in [0.29, 0.717) is 5.56 Å². The third kappa shape index (κ3) is 5.05. The fraction of sp³-hybridized carbons (Fsp3) is 0.462. The van der Waals surface area contributed by atoms with Crippen LogP contribution in [-0.4, -0.2) is 24.9 Å². The molecule has 0 bridgehead atoms. The topological polar surface area (TPSA) is 98.3 Å². The van der Waals surface area contributed by atoms with E-state index in [-0.39, 0.29) is 16.7 Å². The first kappa shape index (κ1) is 17.1. The van der Waals surface area contributed by atoms with Crippen LogP contribution in [0.2, 0.25) is 0 Å². The number of benzene rings is 1. The number of nitrogens with one attached hydrogen (secondary N) is 1. The molecule has 1 aromatic rings.